The van der Waals surface area contributed by atoms with Crippen LogP contribution < -0.4 is 10.1 Å². The second-order valence-corrected chi connectivity index (χ2v) is 7.53. The van der Waals surface area contributed by atoms with E-state index in [-0.39, 0.29) is 5.69 Å². The van der Waals surface area contributed by atoms with E-state index in [1.807, 2.05) is 0 Å². The first kappa shape index (κ1) is 23.2. The number of fused-ring (bicyclic) bond motifs is 1. The minimum Gasteiger partial charge on any atom is -0.493 e. The number of methoxy groups -OCH3 is 1. The van der Waals surface area contributed by atoms with E-state index in [4.69, 9.17) is 4.74 Å². The van der Waals surface area contributed by atoms with Crippen molar-refractivity contribution in [3.8, 4) is 5.75 Å². The summed E-state index contributed by atoms with van der Waals surface area (Å²) in [4.78, 5) is 4.33. The monoisotopic (exact) mass is 504 g/mol. The molecular formula is C21H18BrF5N2O2. The summed E-state index contributed by atoms with van der Waals surface area (Å²) in [5.74, 6) is -2.93. The highest BCUT2D eigenvalue weighted by atomic mass is 79.9. The first-order valence-corrected chi connectivity index (χ1v) is 10.1. The van der Waals surface area contributed by atoms with Crippen molar-refractivity contribution in [2.24, 2.45) is 0 Å². The second kappa shape index (κ2) is 8.58. The van der Waals surface area contributed by atoms with E-state index in [9.17, 15) is 27.1 Å². The second-order valence-electron chi connectivity index (χ2n) is 6.97. The van der Waals surface area contributed by atoms with E-state index >= 15 is 0 Å². The van der Waals surface area contributed by atoms with Crippen LogP contribution in [0.5, 0.6) is 5.75 Å². The lowest BCUT2D eigenvalue weighted by Gasteiger charge is -2.38. The zero-order chi connectivity index (χ0) is 23.0. The van der Waals surface area contributed by atoms with E-state index in [1.165, 1.54) is 6.07 Å². The molecule has 166 valence electrons. The van der Waals surface area contributed by atoms with E-state index < -0.39 is 46.1 Å². The van der Waals surface area contributed by atoms with E-state index in [2.05, 4.69) is 26.2 Å². The normalized spacial score (nSPS) is 14.9. The molecule has 2 aromatic carbocycles. The summed E-state index contributed by atoms with van der Waals surface area (Å²) in [6, 6.07) is 7.21. The number of hydrogen-bond donors (Lipinski definition) is 2. The Morgan fingerprint density at radius 3 is 2.48 bits per heavy atom. The molecule has 0 aliphatic rings. The van der Waals surface area contributed by atoms with Crippen LogP contribution in [0.2, 0.25) is 0 Å². The minimum atomic E-state index is -5.17. The fourth-order valence-electron chi connectivity index (χ4n) is 3.32. The van der Waals surface area contributed by atoms with Gasteiger partial charge in [-0.2, -0.15) is 13.2 Å². The van der Waals surface area contributed by atoms with Gasteiger partial charge in [0, 0.05) is 33.7 Å². The van der Waals surface area contributed by atoms with Crippen molar-refractivity contribution in [2.45, 2.75) is 24.7 Å². The summed E-state index contributed by atoms with van der Waals surface area (Å²) < 4.78 is 75.2. The molecule has 10 heteroatoms. The van der Waals surface area contributed by atoms with Crippen LogP contribution >= 0.6 is 15.9 Å². The predicted octanol–water partition coefficient (Wildman–Crippen LogP) is 5.67. The van der Waals surface area contributed by atoms with Crippen LogP contribution in [-0.4, -0.2) is 34.3 Å². The first-order valence-electron chi connectivity index (χ1n) is 9.02. The van der Waals surface area contributed by atoms with Crippen molar-refractivity contribution in [2.75, 3.05) is 17.8 Å². The number of nitrogens with one attached hydrogen (secondary N) is 1. The molecule has 4 nitrogen and oxygen atoms in total. The molecule has 3 aromatic rings. The fourth-order valence-corrected chi connectivity index (χ4v) is 3.96. The molecule has 2 unspecified atom stereocenters. The summed E-state index contributed by atoms with van der Waals surface area (Å²) in [6.07, 6.45) is -5.17. The first-order chi connectivity index (χ1) is 14.5. The summed E-state index contributed by atoms with van der Waals surface area (Å²) in [7, 11) is 1.04. The number of halogens is 6. The molecule has 0 bridgehead atoms. The number of pyridine rings is 1. The van der Waals surface area contributed by atoms with Gasteiger partial charge in [-0.15, -0.1) is 0 Å². The van der Waals surface area contributed by atoms with E-state index in [0.29, 0.717) is 28.7 Å². The quantitative estimate of drug-likeness (QED) is 0.335. The lowest BCUT2D eigenvalue weighted by molar-refractivity contribution is -0.256. The van der Waals surface area contributed by atoms with Crippen molar-refractivity contribution in [1.82, 2.24) is 4.98 Å². The molecule has 1 heterocycles. The number of benzene rings is 2. The van der Waals surface area contributed by atoms with Gasteiger partial charge in [0.15, 0.2) is 17.2 Å². The van der Waals surface area contributed by atoms with E-state index in [0.717, 1.165) is 7.11 Å². The van der Waals surface area contributed by atoms with Crippen LogP contribution in [0.4, 0.5) is 27.6 Å². The maximum Gasteiger partial charge on any atom is 0.420 e. The van der Waals surface area contributed by atoms with Crippen molar-refractivity contribution in [3.05, 3.63) is 65.4 Å². The number of aromatic nitrogens is 1. The Bertz CT molecular complexity index is 1110. The van der Waals surface area contributed by atoms with Gasteiger partial charge < -0.3 is 15.2 Å². The lowest BCUT2D eigenvalue weighted by Crippen LogP contribution is -2.54. The summed E-state index contributed by atoms with van der Waals surface area (Å²) in [5, 5.41) is 12.8. The smallest absolute Gasteiger partial charge is 0.420 e. The van der Waals surface area contributed by atoms with Crippen molar-refractivity contribution < 1.29 is 31.8 Å². The Morgan fingerprint density at radius 1 is 1.16 bits per heavy atom. The molecule has 2 atom stereocenters. The zero-order valence-corrected chi connectivity index (χ0v) is 18.0. The molecule has 0 radical (unpaired) electrons. The number of aryl methyl sites for hydroxylation is 1. The Balaban J connectivity index is 2.27. The molecule has 31 heavy (non-hydrogen) atoms. The Kier molecular flexibility index (Phi) is 6.43. The van der Waals surface area contributed by atoms with Crippen LogP contribution in [0.3, 0.4) is 0 Å². The molecule has 0 aliphatic carbocycles. The highest BCUT2D eigenvalue weighted by molar-refractivity contribution is 9.09. The third-order valence-corrected chi connectivity index (χ3v) is 5.75. The molecule has 0 fully saturated rings. The van der Waals surface area contributed by atoms with E-state index in [1.54, 1.807) is 31.2 Å². The van der Waals surface area contributed by atoms with Crippen LogP contribution in [0.25, 0.3) is 10.9 Å². The van der Waals surface area contributed by atoms with Crippen molar-refractivity contribution >= 4 is 32.5 Å². The van der Waals surface area contributed by atoms with Gasteiger partial charge in [0.05, 0.1) is 18.7 Å². The molecule has 0 spiro atoms. The zero-order valence-electron chi connectivity index (χ0n) is 16.4. The molecule has 0 aliphatic heterocycles. The Hall–Kier alpha value is -2.46. The number of aliphatic hydroxyl groups is 1. The SMILES string of the molecule is COc1c(F)cc(F)cc1C(Nc1cccc2nc(C)ccc12)C(O)(CBr)C(F)(F)F. The third-order valence-electron chi connectivity index (χ3n) is 4.90. The molecule has 0 saturated carbocycles. The average Bonchev–Trinajstić information content (AvgIpc) is 2.69. The number of ether oxygens (including phenoxy) is 1. The number of nitrogens with zero attached hydrogens (tertiary/aromatic N) is 1. The van der Waals surface area contributed by atoms with Gasteiger partial charge in [-0.1, -0.05) is 22.0 Å². The highest BCUT2D eigenvalue weighted by Gasteiger charge is 2.59. The average molecular weight is 505 g/mol. The molecule has 0 amide bonds. The van der Waals surface area contributed by atoms with Gasteiger partial charge in [-0.05, 0) is 37.3 Å². The molecule has 1 aromatic heterocycles. The summed E-state index contributed by atoms with van der Waals surface area (Å²) in [6.45, 7) is 1.76. The molecular weight excluding hydrogens is 487 g/mol. The molecule has 2 N–H and O–H groups in total. The number of alkyl halides is 4. The lowest BCUT2D eigenvalue weighted by atomic mass is 9.88. The minimum absolute atomic E-state index is 0.186. The molecule has 3 rings (SSSR count). The van der Waals surface area contributed by atoms with Crippen LogP contribution in [0.1, 0.15) is 17.3 Å². The Morgan fingerprint density at radius 2 is 1.87 bits per heavy atom. The van der Waals surface area contributed by atoms with Gasteiger partial charge >= 0.3 is 6.18 Å². The predicted molar refractivity (Wildman–Crippen MR) is 111 cm³/mol. The maximum absolute atomic E-state index is 14.3. The fraction of sp³-hybridized carbons (Fsp3) is 0.286. The summed E-state index contributed by atoms with van der Waals surface area (Å²) in [5.41, 5.74) is -2.60. The van der Waals surface area contributed by atoms with Crippen LogP contribution in [-0.2, 0) is 0 Å². The van der Waals surface area contributed by atoms with Crippen molar-refractivity contribution in [1.29, 1.82) is 0 Å². The maximum atomic E-state index is 14.3. The summed E-state index contributed by atoms with van der Waals surface area (Å²) >= 11 is 2.71. The standard InChI is InChI=1S/C21H18BrF5N2O2/c1-11-6-7-13-16(28-11)4-3-5-17(13)29-19(20(30,10-22)21(25,26)27)14-8-12(23)9-15(24)18(14)31-2/h3-9,19,29-30H,10H2,1-2H3. The van der Waals surface area contributed by atoms with Gasteiger partial charge in [0.25, 0.3) is 0 Å². The number of hydrogen-bond acceptors (Lipinski definition) is 4. The third kappa shape index (κ3) is 4.31. The molecule has 0 saturated heterocycles. The topological polar surface area (TPSA) is 54.4 Å². The van der Waals surface area contributed by atoms with Gasteiger partial charge in [-0.25, -0.2) is 8.78 Å². The van der Waals surface area contributed by atoms with Gasteiger partial charge in [-0.3, -0.25) is 4.98 Å². The van der Waals surface area contributed by atoms with Gasteiger partial charge in [0.1, 0.15) is 5.82 Å². The Labute approximate surface area is 183 Å². The largest absolute Gasteiger partial charge is 0.493 e. The number of anilines is 1. The highest BCUT2D eigenvalue weighted by Crippen LogP contribution is 2.46. The van der Waals surface area contributed by atoms with Crippen molar-refractivity contribution in [3.63, 3.8) is 0 Å². The number of rotatable bonds is 6. The van der Waals surface area contributed by atoms with Crippen LogP contribution in [0, 0.1) is 18.6 Å². The van der Waals surface area contributed by atoms with Gasteiger partial charge in [0.2, 0.25) is 0 Å². The van der Waals surface area contributed by atoms with Crippen LogP contribution in [0.15, 0.2) is 42.5 Å².